The fraction of sp³-hybridized carbons (Fsp3) is 0.200. The van der Waals surface area contributed by atoms with Crippen LogP contribution >= 0.6 is 11.6 Å². The van der Waals surface area contributed by atoms with Crippen molar-refractivity contribution in [1.29, 1.82) is 0 Å². The smallest absolute Gasteiger partial charge is 0.238 e. The quantitative estimate of drug-likeness (QED) is 0.646. The van der Waals surface area contributed by atoms with E-state index in [1.54, 1.807) is 49.3 Å². The van der Waals surface area contributed by atoms with E-state index in [1.807, 2.05) is 24.3 Å². The van der Waals surface area contributed by atoms with Crippen molar-refractivity contribution in [3.05, 3.63) is 65.3 Å². The summed E-state index contributed by atoms with van der Waals surface area (Å²) < 4.78 is 0. The Morgan fingerprint density at radius 1 is 1.15 bits per heavy atom. The Morgan fingerprint density at radius 2 is 1.85 bits per heavy atom. The molecule has 3 aromatic rings. The number of aromatic amines is 1. The van der Waals surface area contributed by atoms with Gasteiger partial charge >= 0.3 is 0 Å². The van der Waals surface area contributed by atoms with Crippen molar-refractivity contribution in [1.82, 2.24) is 9.88 Å². The predicted octanol–water partition coefficient (Wildman–Crippen LogP) is 3.96. The van der Waals surface area contributed by atoms with E-state index in [0.29, 0.717) is 16.3 Å². The van der Waals surface area contributed by atoms with E-state index in [1.165, 1.54) is 0 Å². The van der Waals surface area contributed by atoms with Crippen molar-refractivity contribution >= 4 is 39.9 Å². The molecule has 0 fully saturated rings. The molecule has 3 rings (SSSR count). The number of ketones is 1. The van der Waals surface area contributed by atoms with Crippen LogP contribution in [0.1, 0.15) is 17.3 Å². The molecule has 1 heterocycles. The largest absolute Gasteiger partial charge is 0.360 e. The number of rotatable bonds is 6. The van der Waals surface area contributed by atoms with Crippen LogP contribution in [0.2, 0.25) is 5.02 Å². The van der Waals surface area contributed by atoms with E-state index >= 15 is 0 Å². The molecule has 0 saturated heterocycles. The molecule has 1 aromatic heterocycles. The summed E-state index contributed by atoms with van der Waals surface area (Å²) in [6.45, 7) is 1.91. The van der Waals surface area contributed by atoms with Crippen molar-refractivity contribution in [3.63, 3.8) is 0 Å². The summed E-state index contributed by atoms with van der Waals surface area (Å²) in [5.74, 6) is -0.211. The van der Waals surface area contributed by atoms with Crippen LogP contribution in [0, 0.1) is 0 Å². The normalized spacial score (nSPS) is 12.3. The maximum absolute atomic E-state index is 12.8. The number of amides is 1. The number of aromatic nitrogens is 1. The number of carbonyl (C=O) groups is 2. The molecule has 0 aliphatic heterocycles. The lowest BCUT2D eigenvalue weighted by Crippen LogP contribution is -2.40. The van der Waals surface area contributed by atoms with E-state index in [9.17, 15) is 9.59 Å². The molecule has 134 valence electrons. The maximum Gasteiger partial charge on any atom is 0.238 e. The Kier molecular flexibility index (Phi) is 5.40. The molecule has 26 heavy (non-hydrogen) atoms. The third-order valence-electron chi connectivity index (χ3n) is 4.42. The zero-order chi connectivity index (χ0) is 18.7. The third kappa shape index (κ3) is 3.95. The number of H-pyrrole nitrogens is 1. The van der Waals surface area contributed by atoms with Gasteiger partial charge in [-0.05, 0) is 44.3 Å². The number of hydrogen-bond acceptors (Lipinski definition) is 3. The SMILES string of the molecule is C[C@@H](C(=O)c1c[nH]c2ccccc12)N(C)CC(=O)Nc1ccc(Cl)cc1. The Balaban J connectivity index is 1.65. The molecular formula is C20H20ClN3O2. The van der Waals surface area contributed by atoms with Crippen molar-refractivity contribution in [2.75, 3.05) is 18.9 Å². The molecule has 1 atom stereocenters. The van der Waals surface area contributed by atoms with Gasteiger partial charge in [-0.3, -0.25) is 14.5 Å². The second kappa shape index (κ2) is 7.72. The van der Waals surface area contributed by atoms with E-state index in [0.717, 1.165) is 10.9 Å². The first kappa shape index (κ1) is 18.2. The number of hydrogen-bond donors (Lipinski definition) is 2. The van der Waals surface area contributed by atoms with Gasteiger partial charge in [0.05, 0.1) is 12.6 Å². The minimum atomic E-state index is -0.426. The standard InChI is InChI=1S/C20H20ClN3O2/c1-13(20(26)17-11-22-18-6-4-3-5-16(17)18)24(2)12-19(25)23-15-9-7-14(21)8-10-15/h3-11,13,22H,12H2,1-2H3,(H,23,25)/t13-/m0/s1. The van der Waals surface area contributed by atoms with Gasteiger partial charge in [-0.2, -0.15) is 0 Å². The highest BCUT2D eigenvalue weighted by atomic mass is 35.5. The van der Waals surface area contributed by atoms with E-state index in [4.69, 9.17) is 11.6 Å². The molecular weight excluding hydrogens is 350 g/mol. The minimum Gasteiger partial charge on any atom is -0.360 e. The fourth-order valence-electron chi connectivity index (χ4n) is 2.80. The van der Waals surface area contributed by atoms with Crippen LogP contribution in [-0.2, 0) is 4.79 Å². The van der Waals surface area contributed by atoms with Crippen LogP contribution in [0.4, 0.5) is 5.69 Å². The highest BCUT2D eigenvalue weighted by molar-refractivity contribution is 6.30. The van der Waals surface area contributed by atoms with E-state index in [-0.39, 0.29) is 18.2 Å². The number of para-hydroxylation sites is 1. The summed E-state index contributed by atoms with van der Waals surface area (Å²) in [6, 6.07) is 14.1. The van der Waals surface area contributed by atoms with Crippen molar-refractivity contribution in [3.8, 4) is 0 Å². The molecule has 0 saturated carbocycles. The lowest BCUT2D eigenvalue weighted by atomic mass is 10.0. The number of benzene rings is 2. The van der Waals surface area contributed by atoms with Crippen LogP contribution in [0.15, 0.2) is 54.7 Å². The van der Waals surface area contributed by atoms with Crippen molar-refractivity contribution in [2.45, 2.75) is 13.0 Å². The Morgan fingerprint density at radius 3 is 2.58 bits per heavy atom. The molecule has 0 radical (unpaired) electrons. The second-order valence-electron chi connectivity index (χ2n) is 6.26. The number of likely N-dealkylation sites (N-methyl/N-ethyl adjacent to an activating group) is 1. The number of anilines is 1. The number of Topliss-reactive ketones (excluding diaryl/α,β-unsaturated/α-hetero) is 1. The summed E-state index contributed by atoms with van der Waals surface area (Å²) in [6.07, 6.45) is 1.73. The summed E-state index contributed by atoms with van der Waals surface area (Å²) in [7, 11) is 1.76. The molecule has 1 amide bonds. The van der Waals surface area contributed by atoms with Gasteiger partial charge in [-0.15, -0.1) is 0 Å². The summed E-state index contributed by atoms with van der Waals surface area (Å²) in [5.41, 5.74) is 2.23. The first-order valence-electron chi connectivity index (χ1n) is 8.31. The number of carbonyl (C=O) groups excluding carboxylic acids is 2. The molecule has 0 bridgehead atoms. The molecule has 0 spiro atoms. The zero-order valence-electron chi connectivity index (χ0n) is 14.6. The van der Waals surface area contributed by atoms with Crippen molar-refractivity contribution < 1.29 is 9.59 Å². The van der Waals surface area contributed by atoms with Gasteiger partial charge in [0.25, 0.3) is 0 Å². The lowest BCUT2D eigenvalue weighted by Gasteiger charge is -2.22. The average Bonchev–Trinajstić information content (AvgIpc) is 3.06. The van der Waals surface area contributed by atoms with Gasteiger partial charge in [0.2, 0.25) is 5.91 Å². The highest BCUT2D eigenvalue weighted by Crippen LogP contribution is 2.20. The Hall–Kier alpha value is -2.63. The van der Waals surface area contributed by atoms with E-state index in [2.05, 4.69) is 10.3 Å². The van der Waals surface area contributed by atoms with Crippen LogP contribution in [0.5, 0.6) is 0 Å². The lowest BCUT2D eigenvalue weighted by molar-refractivity contribution is -0.117. The second-order valence-corrected chi connectivity index (χ2v) is 6.69. The molecule has 0 aliphatic rings. The Labute approximate surface area is 157 Å². The number of fused-ring (bicyclic) bond motifs is 1. The van der Waals surface area contributed by atoms with Gasteiger partial charge in [-0.25, -0.2) is 0 Å². The monoisotopic (exact) mass is 369 g/mol. The van der Waals surface area contributed by atoms with Crippen LogP contribution in [-0.4, -0.2) is 41.2 Å². The van der Waals surface area contributed by atoms with Gasteiger partial charge < -0.3 is 10.3 Å². The number of nitrogens with one attached hydrogen (secondary N) is 2. The van der Waals surface area contributed by atoms with Crippen LogP contribution in [0.3, 0.4) is 0 Å². The topological polar surface area (TPSA) is 65.2 Å². The highest BCUT2D eigenvalue weighted by Gasteiger charge is 2.23. The minimum absolute atomic E-state index is 0.0238. The van der Waals surface area contributed by atoms with Crippen LogP contribution < -0.4 is 5.32 Å². The molecule has 0 unspecified atom stereocenters. The van der Waals surface area contributed by atoms with E-state index < -0.39 is 6.04 Å². The molecule has 5 nitrogen and oxygen atoms in total. The maximum atomic E-state index is 12.8. The predicted molar refractivity (Wildman–Crippen MR) is 105 cm³/mol. The average molecular weight is 370 g/mol. The fourth-order valence-corrected chi connectivity index (χ4v) is 2.92. The van der Waals surface area contributed by atoms with Gasteiger partial charge in [0.1, 0.15) is 0 Å². The summed E-state index contributed by atoms with van der Waals surface area (Å²) in [5, 5.41) is 4.30. The van der Waals surface area contributed by atoms with Gasteiger partial charge in [-0.1, -0.05) is 29.8 Å². The zero-order valence-corrected chi connectivity index (χ0v) is 15.4. The molecule has 0 aliphatic carbocycles. The molecule has 2 N–H and O–H groups in total. The number of halogens is 1. The third-order valence-corrected chi connectivity index (χ3v) is 4.67. The Bertz CT molecular complexity index is 934. The molecule has 6 heteroatoms. The molecule has 2 aromatic carbocycles. The van der Waals surface area contributed by atoms with Crippen LogP contribution in [0.25, 0.3) is 10.9 Å². The summed E-state index contributed by atoms with van der Waals surface area (Å²) >= 11 is 5.84. The van der Waals surface area contributed by atoms with Crippen molar-refractivity contribution in [2.24, 2.45) is 0 Å². The first-order chi connectivity index (χ1) is 12.5. The summed E-state index contributed by atoms with van der Waals surface area (Å²) in [4.78, 5) is 29.9. The van der Waals surface area contributed by atoms with Gasteiger partial charge in [0.15, 0.2) is 5.78 Å². The first-order valence-corrected chi connectivity index (χ1v) is 8.69. The van der Waals surface area contributed by atoms with Gasteiger partial charge in [0, 0.05) is 33.4 Å². The number of nitrogens with zero attached hydrogens (tertiary/aromatic N) is 1.